The van der Waals surface area contributed by atoms with E-state index in [4.69, 9.17) is 4.98 Å². The van der Waals surface area contributed by atoms with Crippen LogP contribution in [-0.4, -0.2) is 9.38 Å². The monoisotopic (exact) mass is 470 g/mol. The zero-order valence-electron chi connectivity index (χ0n) is 20.1. The van der Waals surface area contributed by atoms with Crippen molar-refractivity contribution < 1.29 is 0 Å². The zero-order chi connectivity index (χ0) is 24.3. The maximum atomic E-state index is 4.84. The van der Waals surface area contributed by atoms with Crippen molar-refractivity contribution in [2.45, 2.75) is 0 Å². The summed E-state index contributed by atoms with van der Waals surface area (Å²) in [5.74, 6) is 0. The molecule has 2 nitrogen and oxygen atoms in total. The first-order valence-electron chi connectivity index (χ1n) is 12.6. The number of hydrogen-bond acceptors (Lipinski definition) is 1. The van der Waals surface area contributed by atoms with E-state index in [1.807, 2.05) is 12.3 Å². The highest BCUT2D eigenvalue weighted by molar-refractivity contribution is 6.24. The van der Waals surface area contributed by atoms with E-state index in [0.29, 0.717) is 0 Å². The largest absolute Gasteiger partial charge is 0.308 e. The van der Waals surface area contributed by atoms with E-state index in [1.54, 1.807) is 0 Å². The van der Waals surface area contributed by atoms with E-state index in [0.717, 1.165) is 16.8 Å². The van der Waals surface area contributed by atoms with Crippen LogP contribution in [-0.2, 0) is 0 Å². The van der Waals surface area contributed by atoms with Crippen molar-refractivity contribution in [2.24, 2.45) is 0 Å². The predicted molar refractivity (Wildman–Crippen MR) is 155 cm³/mol. The van der Waals surface area contributed by atoms with Crippen molar-refractivity contribution in [1.82, 2.24) is 9.38 Å². The summed E-state index contributed by atoms with van der Waals surface area (Å²) in [7, 11) is 0. The van der Waals surface area contributed by atoms with Gasteiger partial charge in [0.15, 0.2) is 0 Å². The second-order valence-electron chi connectivity index (χ2n) is 9.67. The van der Waals surface area contributed by atoms with Gasteiger partial charge in [-0.2, -0.15) is 0 Å². The van der Waals surface area contributed by atoms with Gasteiger partial charge >= 0.3 is 0 Å². The SMILES string of the molecule is c1ccc(-c2ccc(-c3ccc4c(c3)c3cc(-c5ccccc5)cc5c6ccccc6n4c53)nc2)cc1. The molecule has 8 aromatic rings. The molecule has 0 aliphatic heterocycles. The van der Waals surface area contributed by atoms with Crippen LogP contribution in [0.15, 0.2) is 134 Å². The van der Waals surface area contributed by atoms with Crippen molar-refractivity contribution in [3.8, 4) is 33.5 Å². The van der Waals surface area contributed by atoms with Gasteiger partial charge in [-0.1, -0.05) is 91.0 Å². The van der Waals surface area contributed by atoms with Crippen LogP contribution in [0.5, 0.6) is 0 Å². The first-order chi connectivity index (χ1) is 18.3. The highest BCUT2D eigenvalue weighted by Crippen LogP contribution is 2.42. The molecule has 0 saturated heterocycles. The van der Waals surface area contributed by atoms with Crippen LogP contribution < -0.4 is 0 Å². The quantitative estimate of drug-likeness (QED) is 0.251. The molecule has 5 aromatic carbocycles. The molecule has 3 heterocycles. The topological polar surface area (TPSA) is 17.3 Å². The summed E-state index contributed by atoms with van der Waals surface area (Å²) in [5.41, 5.74) is 10.7. The zero-order valence-corrected chi connectivity index (χ0v) is 20.1. The van der Waals surface area contributed by atoms with Gasteiger partial charge in [-0.3, -0.25) is 4.98 Å². The highest BCUT2D eigenvalue weighted by Gasteiger charge is 2.19. The standard InChI is InChI=1S/C35H22N2/c1-3-9-23(10-4-1)26-15-17-32(36-22-26)25-16-18-34-29(19-25)31-21-27(24-11-5-2-6-12-24)20-30-28-13-7-8-14-33(28)37(34)35(30)31/h1-22H. The van der Waals surface area contributed by atoms with Crippen LogP contribution in [0.2, 0.25) is 0 Å². The number of pyridine rings is 1. The summed E-state index contributed by atoms with van der Waals surface area (Å²) < 4.78 is 2.43. The fourth-order valence-corrected chi connectivity index (χ4v) is 5.82. The Morgan fingerprint density at radius 2 is 1.00 bits per heavy atom. The van der Waals surface area contributed by atoms with Crippen LogP contribution in [0, 0.1) is 0 Å². The van der Waals surface area contributed by atoms with Gasteiger partial charge in [0.05, 0.1) is 22.2 Å². The Hall–Kier alpha value is -4.95. The first kappa shape index (κ1) is 20.3. The normalized spacial score (nSPS) is 11.8. The molecule has 0 radical (unpaired) electrons. The minimum atomic E-state index is 0.986. The molecule has 0 unspecified atom stereocenters. The summed E-state index contributed by atoms with van der Waals surface area (Å²) in [6, 6.07) is 45.6. The molecule has 0 amide bonds. The van der Waals surface area contributed by atoms with Gasteiger partial charge in [0.2, 0.25) is 0 Å². The van der Waals surface area contributed by atoms with E-state index in [1.165, 1.54) is 54.8 Å². The molecule has 8 rings (SSSR count). The third kappa shape index (κ3) is 3.03. The lowest BCUT2D eigenvalue weighted by molar-refractivity contribution is 1.32. The third-order valence-electron chi connectivity index (χ3n) is 7.57. The molecule has 3 aromatic heterocycles. The van der Waals surface area contributed by atoms with Crippen LogP contribution in [0.4, 0.5) is 0 Å². The Morgan fingerprint density at radius 1 is 0.405 bits per heavy atom. The Balaban J connectivity index is 1.38. The van der Waals surface area contributed by atoms with Gasteiger partial charge in [0.25, 0.3) is 0 Å². The maximum Gasteiger partial charge on any atom is 0.0702 e. The first-order valence-corrected chi connectivity index (χ1v) is 12.6. The summed E-state index contributed by atoms with van der Waals surface area (Å²) in [6.07, 6.45) is 1.98. The maximum absolute atomic E-state index is 4.84. The van der Waals surface area contributed by atoms with E-state index in [9.17, 15) is 0 Å². The lowest BCUT2D eigenvalue weighted by atomic mass is 9.98. The van der Waals surface area contributed by atoms with Gasteiger partial charge in [-0.05, 0) is 53.1 Å². The molecular formula is C35H22N2. The Kier molecular flexibility index (Phi) is 4.26. The number of nitrogens with zero attached hydrogens (tertiary/aromatic N) is 2. The summed E-state index contributed by atoms with van der Waals surface area (Å²) >= 11 is 0. The van der Waals surface area contributed by atoms with Gasteiger partial charge in [0, 0.05) is 38.9 Å². The molecular weight excluding hydrogens is 448 g/mol. The lowest BCUT2D eigenvalue weighted by Gasteiger charge is -2.06. The summed E-state index contributed by atoms with van der Waals surface area (Å²) in [4.78, 5) is 4.84. The summed E-state index contributed by atoms with van der Waals surface area (Å²) in [6.45, 7) is 0. The number of para-hydroxylation sites is 1. The molecule has 2 heteroatoms. The molecule has 0 aliphatic rings. The molecule has 0 N–H and O–H groups in total. The van der Waals surface area contributed by atoms with Crippen molar-refractivity contribution in [2.75, 3.05) is 0 Å². The smallest absolute Gasteiger partial charge is 0.0702 e. The average molecular weight is 471 g/mol. The second-order valence-corrected chi connectivity index (χ2v) is 9.67. The Morgan fingerprint density at radius 3 is 1.73 bits per heavy atom. The van der Waals surface area contributed by atoms with Gasteiger partial charge in [-0.25, -0.2) is 0 Å². The second kappa shape index (κ2) is 7.78. The number of rotatable bonds is 3. The fourth-order valence-electron chi connectivity index (χ4n) is 5.82. The number of fused-ring (bicyclic) bond motifs is 6. The minimum absolute atomic E-state index is 0.986. The summed E-state index contributed by atoms with van der Waals surface area (Å²) in [5, 5.41) is 5.14. The van der Waals surface area contributed by atoms with Crippen molar-refractivity contribution >= 4 is 38.1 Å². The number of aromatic nitrogens is 2. The molecule has 0 fully saturated rings. The fraction of sp³-hybridized carbons (Fsp3) is 0. The van der Waals surface area contributed by atoms with Crippen LogP contribution in [0.25, 0.3) is 71.6 Å². The highest BCUT2D eigenvalue weighted by atomic mass is 14.9. The van der Waals surface area contributed by atoms with E-state index in [-0.39, 0.29) is 0 Å². The van der Waals surface area contributed by atoms with Crippen molar-refractivity contribution in [3.05, 3.63) is 134 Å². The van der Waals surface area contributed by atoms with E-state index in [2.05, 4.69) is 126 Å². The van der Waals surface area contributed by atoms with Crippen LogP contribution >= 0.6 is 0 Å². The van der Waals surface area contributed by atoms with Crippen molar-refractivity contribution in [3.63, 3.8) is 0 Å². The van der Waals surface area contributed by atoms with Crippen LogP contribution in [0.1, 0.15) is 0 Å². The Bertz CT molecular complexity index is 2050. The molecule has 0 saturated carbocycles. The minimum Gasteiger partial charge on any atom is -0.308 e. The molecule has 37 heavy (non-hydrogen) atoms. The van der Waals surface area contributed by atoms with Crippen LogP contribution in [0.3, 0.4) is 0 Å². The van der Waals surface area contributed by atoms with E-state index < -0.39 is 0 Å². The number of hydrogen-bond donors (Lipinski definition) is 0. The predicted octanol–water partition coefficient (Wildman–Crippen LogP) is 9.23. The van der Waals surface area contributed by atoms with Gasteiger partial charge in [-0.15, -0.1) is 0 Å². The molecule has 0 bridgehead atoms. The van der Waals surface area contributed by atoms with E-state index >= 15 is 0 Å². The molecule has 0 atom stereocenters. The molecule has 0 aliphatic carbocycles. The molecule has 0 spiro atoms. The van der Waals surface area contributed by atoms with Gasteiger partial charge in [0.1, 0.15) is 0 Å². The molecule has 172 valence electrons. The van der Waals surface area contributed by atoms with Crippen molar-refractivity contribution in [1.29, 1.82) is 0 Å². The number of benzene rings is 5. The lowest BCUT2D eigenvalue weighted by Crippen LogP contribution is -1.86. The third-order valence-corrected chi connectivity index (χ3v) is 7.57. The van der Waals surface area contributed by atoms with Gasteiger partial charge < -0.3 is 4.40 Å². The average Bonchev–Trinajstić information content (AvgIpc) is 3.49. The Labute approximate surface area is 214 Å².